The van der Waals surface area contributed by atoms with E-state index in [0.29, 0.717) is 45.8 Å². The van der Waals surface area contributed by atoms with Gasteiger partial charge in [-0.25, -0.2) is 0 Å². The van der Waals surface area contributed by atoms with Gasteiger partial charge in [-0.2, -0.15) is 9.97 Å². The third kappa shape index (κ3) is 9.49. The maximum Gasteiger partial charge on any atom is 0.306 e. The molecule has 4 atom stereocenters. The van der Waals surface area contributed by atoms with E-state index in [1.54, 1.807) is 12.1 Å². The van der Waals surface area contributed by atoms with E-state index in [2.05, 4.69) is 44.9 Å². The Labute approximate surface area is 328 Å². The molecule has 13 nitrogen and oxygen atoms in total. The van der Waals surface area contributed by atoms with Gasteiger partial charge in [0.15, 0.2) is 0 Å². The van der Waals surface area contributed by atoms with Gasteiger partial charge in [0.25, 0.3) is 0 Å². The zero-order chi connectivity index (χ0) is 39.1. The average Bonchev–Trinajstić information content (AvgIpc) is 3.77. The Balaban J connectivity index is 1.16. The number of carbonyl (C=O) groups excluding carboxylic acids is 1. The molecule has 2 aromatic carbocycles. The molecular weight excluding hydrogens is 751 g/mol. The summed E-state index contributed by atoms with van der Waals surface area (Å²) in [5, 5.41) is 35.4. The number of benzene rings is 2. The molecule has 0 amide bonds. The summed E-state index contributed by atoms with van der Waals surface area (Å²) in [4.78, 5) is 30.7. The van der Waals surface area contributed by atoms with Crippen molar-refractivity contribution < 1.29 is 43.9 Å². The van der Waals surface area contributed by atoms with E-state index in [0.717, 1.165) is 47.9 Å². The summed E-state index contributed by atoms with van der Waals surface area (Å²) in [7, 11) is 3.02. The summed E-state index contributed by atoms with van der Waals surface area (Å²) >= 11 is 13.3. The Morgan fingerprint density at radius 1 is 0.800 bits per heavy atom. The number of fused-ring (bicyclic) bond motifs is 2. The van der Waals surface area contributed by atoms with Crippen LogP contribution >= 0.6 is 23.2 Å². The number of aliphatic carboxylic acids is 1. The average molecular weight is 796 g/mol. The minimum atomic E-state index is -1.08. The summed E-state index contributed by atoms with van der Waals surface area (Å²) in [6, 6.07) is 16.0. The largest absolute Gasteiger partial charge is 0.481 e. The first-order valence-corrected chi connectivity index (χ1v) is 18.8. The minimum Gasteiger partial charge on any atom is -0.481 e. The number of nitrogens with zero attached hydrogens (tertiary/aromatic N) is 2. The van der Waals surface area contributed by atoms with Crippen LogP contribution in [-0.2, 0) is 35.5 Å². The Kier molecular flexibility index (Phi) is 13.5. The van der Waals surface area contributed by atoms with Crippen LogP contribution in [0.4, 0.5) is 0 Å². The van der Waals surface area contributed by atoms with Crippen LogP contribution in [0.2, 0.25) is 10.0 Å². The van der Waals surface area contributed by atoms with Crippen LogP contribution in [0.1, 0.15) is 71.3 Å². The van der Waals surface area contributed by atoms with Gasteiger partial charge in [-0.05, 0) is 71.2 Å². The molecule has 3 unspecified atom stereocenters. The van der Waals surface area contributed by atoms with Gasteiger partial charge in [0.05, 0.1) is 32.8 Å². The van der Waals surface area contributed by atoms with Crippen molar-refractivity contribution in [2.75, 3.05) is 27.3 Å². The van der Waals surface area contributed by atoms with Crippen LogP contribution in [-0.4, -0.2) is 77.1 Å². The van der Waals surface area contributed by atoms with Gasteiger partial charge in [0.2, 0.25) is 23.5 Å². The van der Waals surface area contributed by atoms with E-state index in [1.165, 1.54) is 25.3 Å². The van der Waals surface area contributed by atoms with Gasteiger partial charge in [-0.3, -0.25) is 4.79 Å². The molecule has 2 aromatic heterocycles. The van der Waals surface area contributed by atoms with Gasteiger partial charge < -0.3 is 49.7 Å². The second-order valence-corrected chi connectivity index (χ2v) is 14.3. The SMILES string of the molecule is COc1nc(OC2CCc3c(-c4cccc5c4CCC5Oc4nc(OC)c(CNC[C@@H](O)CC(=O)O)cc4Cl)cccc32)c(Cl)cc1CNCC(O)CC=O. The topological polar surface area (TPSA) is 182 Å². The summed E-state index contributed by atoms with van der Waals surface area (Å²) in [6.07, 6.45) is 1.08. The van der Waals surface area contributed by atoms with E-state index < -0.39 is 18.2 Å². The van der Waals surface area contributed by atoms with E-state index in [1.807, 2.05) is 12.1 Å². The Bertz CT molecular complexity index is 2020. The van der Waals surface area contributed by atoms with Crippen molar-refractivity contribution >= 4 is 35.5 Å². The highest BCUT2D eigenvalue weighted by atomic mass is 35.5. The van der Waals surface area contributed by atoms with Gasteiger partial charge in [0.1, 0.15) is 28.5 Å². The number of aldehydes is 1. The number of hydrogen-bond donors (Lipinski definition) is 5. The lowest BCUT2D eigenvalue weighted by Gasteiger charge is -2.19. The van der Waals surface area contributed by atoms with Gasteiger partial charge in [-0.1, -0.05) is 59.6 Å². The fourth-order valence-electron chi connectivity index (χ4n) is 7.23. The number of carboxylic acids is 1. The highest BCUT2D eigenvalue weighted by Gasteiger charge is 2.32. The third-order valence-electron chi connectivity index (χ3n) is 9.75. The normalized spacial score (nSPS) is 16.9. The summed E-state index contributed by atoms with van der Waals surface area (Å²) in [6.45, 7) is 0.909. The van der Waals surface area contributed by atoms with Crippen LogP contribution in [0.25, 0.3) is 11.1 Å². The molecule has 292 valence electrons. The Morgan fingerprint density at radius 2 is 1.27 bits per heavy atom. The standard InChI is InChI=1S/C40H44Cl2N4O9/c1-52-37-22(18-43-20-24(48)13-14-47)15-32(41)39(45-37)54-34-11-9-28-26(5-3-7-30(28)34)27-6-4-8-31-29(27)10-12-35(31)55-40-33(42)16-23(38(46-40)53-2)19-44-21-25(49)17-36(50)51/h3-8,14-16,24-25,34-35,43-44,48-49H,9-13,17-21H2,1-2H3,(H,50,51)/t24?,25-,34?,35?/m0/s1. The third-order valence-corrected chi connectivity index (χ3v) is 10.3. The molecule has 0 spiro atoms. The van der Waals surface area contributed by atoms with Crippen LogP contribution in [0.5, 0.6) is 23.5 Å². The van der Waals surface area contributed by atoms with Crippen LogP contribution in [0, 0.1) is 0 Å². The lowest BCUT2D eigenvalue weighted by Crippen LogP contribution is -2.28. The van der Waals surface area contributed by atoms with Gasteiger partial charge >= 0.3 is 5.97 Å². The number of methoxy groups -OCH3 is 2. The van der Waals surface area contributed by atoms with Crippen molar-refractivity contribution in [2.24, 2.45) is 0 Å². The van der Waals surface area contributed by atoms with Crippen molar-refractivity contribution in [3.63, 3.8) is 0 Å². The zero-order valence-electron chi connectivity index (χ0n) is 30.5. The predicted octanol–water partition coefficient (Wildman–Crippen LogP) is 5.56. The molecule has 15 heteroatoms. The number of aromatic nitrogens is 2. The summed E-state index contributed by atoms with van der Waals surface area (Å²) in [5.74, 6) is 0.115. The zero-order valence-corrected chi connectivity index (χ0v) is 32.0. The molecule has 0 saturated heterocycles. The van der Waals surface area contributed by atoms with Crippen molar-refractivity contribution in [2.45, 2.75) is 76.0 Å². The molecule has 0 aliphatic heterocycles. The maximum atomic E-state index is 10.9. The lowest BCUT2D eigenvalue weighted by molar-refractivity contribution is -0.139. The molecule has 2 heterocycles. The number of rotatable bonds is 19. The highest BCUT2D eigenvalue weighted by Crippen LogP contribution is 2.46. The number of pyridine rings is 2. The van der Waals surface area contributed by atoms with E-state index in [9.17, 15) is 19.8 Å². The van der Waals surface area contributed by atoms with Crippen molar-refractivity contribution in [1.29, 1.82) is 0 Å². The molecule has 2 aliphatic carbocycles. The molecule has 55 heavy (non-hydrogen) atoms. The fourth-order valence-corrected chi connectivity index (χ4v) is 7.66. The first kappa shape index (κ1) is 40.2. The second kappa shape index (κ2) is 18.4. The quantitative estimate of drug-likeness (QED) is 0.0745. The second-order valence-electron chi connectivity index (χ2n) is 13.5. The lowest BCUT2D eigenvalue weighted by atomic mass is 9.91. The number of ether oxygens (including phenoxy) is 4. The van der Waals surface area contributed by atoms with E-state index >= 15 is 0 Å². The number of carbonyl (C=O) groups is 2. The van der Waals surface area contributed by atoms with Gasteiger partial charge in [0, 0.05) is 43.7 Å². The maximum absolute atomic E-state index is 10.9. The van der Waals surface area contributed by atoms with Crippen molar-refractivity contribution in [1.82, 2.24) is 20.6 Å². The molecule has 4 aromatic rings. The Hall–Kier alpha value is -4.50. The predicted molar refractivity (Wildman–Crippen MR) is 205 cm³/mol. The minimum absolute atomic E-state index is 0.0511. The monoisotopic (exact) mass is 794 g/mol. The molecule has 0 bridgehead atoms. The number of aliphatic hydroxyl groups excluding tert-OH is 2. The number of hydrogen-bond acceptors (Lipinski definition) is 12. The number of nitrogens with one attached hydrogen (secondary N) is 2. The number of aliphatic hydroxyl groups is 2. The van der Waals surface area contributed by atoms with E-state index in [4.69, 9.17) is 47.3 Å². The fraction of sp³-hybridized carbons (Fsp3) is 0.400. The molecule has 0 radical (unpaired) electrons. The molecular formula is C40H44Cl2N4O9. The molecule has 0 fully saturated rings. The van der Waals surface area contributed by atoms with Crippen LogP contribution in [0.15, 0.2) is 48.5 Å². The molecule has 6 rings (SSSR count). The number of carboxylic acid groups (broad SMARTS) is 1. The van der Waals surface area contributed by atoms with Crippen LogP contribution in [0.3, 0.4) is 0 Å². The highest BCUT2D eigenvalue weighted by molar-refractivity contribution is 6.32. The Morgan fingerprint density at radius 3 is 1.71 bits per heavy atom. The summed E-state index contributed by atoms with van der Waals surface area (Å²) < 4.78 is 23.9. The first-order chi connectivity index (χ1) is 26.6. The van der Waals surface area contributed by atoms with Crippen LogP contribution < -0.4 is 29.6 Å². The van der Waals surface area contributed by atoms with Crippen molar-refractivity contribution in [3.8, 4) is 34.6 Å². The molecule has 2 aliphatic rings. The molecule has 5 N–H and O–H groups in total. The number of halogens is 2. The van der Waals surface area contributed by atoms with E-state index in [-0.39, 0.29) is 56.4 Å². The molecule has 0 saturated carbocycles. The van der Waals surface area contributed by atoms with Gasteiger partial charge in [-0.15, -0.1) is 0 Å². The summed E-state index contributed by atoms with van der Waals surface area (Å²) in [5.41, 5.74) is 8.15. The first-order valence-electron chi connectivity index (χ1n) is 18.1. The van der Waals surface area contributed by atoms with Crippen molar-refractivity contribution in [3.05, 3.63) is 92.0 Å². The smallest absolute Gasteiger partial charge is 0.306 e.